The summed E-state index contributed by atoms with van der Waals surface area (Å²) in [4.78, 5) is 35.4. The molecule has 0 bridgehead atoms. The molecule has 0 saturated heterocycles. The monoisotopic (exact) mass is 664 g/mol. The molecule has 0 aliphatic heterocycles. The molecule has 236 valence electrons. The van der Waals surface area contributed by atoms with Crippen molar-refractivity contribution in [3.8, 4) is 0 Å². The van der Waals surface area contributed by atoms with E-state index in [1.807, 2.05) is 42.5 Å². The lowest BCUT2D eigenvalue weighted by Crippen LogP contribution is -2.34. The molecule has 3 aromatic carbocycles. The zero-order valence-electron chi connectivity index (χ0n) is 25.1. The number of anilines is 1. The summed E-state index contributed by atoms with van der Waals surface area (Å²) in [6, 6.07) is 25.1. The molecule has 0 saturated carbocycles. The molecule has 7 rings (SSSR count). The van der Waals surface area contributed by atoms with Gasteiger partial charge in [-0.15, -0.1) is 0 Å². The topological polar surface area (TPSA) is 141 Å². The highest BCUT2D eigenvalue weighted by atomic mass is 32.2. The number of para-hydroxylation sites is 1. The van der Waals surface area contributed by atoms with E-state index in [4.69, 9.17) is 4.42 Å². The Morgan fingerprint density at radius 2 is 1.70 bits per heavy atom. The fourth-order valence-corrected chi connectivity index (χ4v) is 7.65. The van der Waals surface area contributed by atoms with Crippen LogP contribution in [0.25, 0.3) is 32.8 Å². The number of furan rings is 1. The number of pyridine rings is 1. The number of carbonyl (C=O) groups excluding carboxylic acids is 1. The molecule has 0 aliphatic rings. The van der Waals surface area contributed by atoms with Crippen molar-refractivity contribution in [2.45, 2.75) is 29.7 Å². The molecule has 4 heterocycles. The summed E-state index contributed by atoms with van der Waals surface area (Å²) in [5.41, 5.74) is 3.16. The molecule has 11 nitrogen and oxygen atoms in total. The van der Waals surface area contributed by atoms with Gasteiger partial charge in [-0.05, 0) is 54.3 Å². The third kappa shape index (κ3) is 5.75. The van der Waals surface area contributed by atoms with Gasteiger partial charge in [-0.2, -0.15) is 0 Å². The molecule has 0 spiro atoms. The number of fused-ring (bicyclic) bond motifs is 4. The van der Waals surface area contributed by atoms with Gasteiger partial charge in [0.25, 0.3) is 15.6 Å². The first-order chi connectivity index (χ1) is 22.8. The van der Waals surface area contributed by atoms with E-state index < -0.39 is 21.5 Å². The highest BCUT2D eigenvalue weighted by Gasteiger charge is 2.23. The molecule has 0 fully saturated rings. The summed E-state index contributed by atoms with van der Waals surface area (Å²) in [6.45, 7) is -0.0519. The molecule has 0 atom stereocenters. The van der Waals surface area contributed by atoms with E-state index in [9.17, 15) is 18.0 Å². The van der Waals surface area contributed by atoms with Crippen LogP contribution in [0.4, 0.5) is 5.69 Å². The van der Waals surface area contributed by atoms with Crippen molar-refractivity contribution in [2.24, 2.45) is 0 Å². The second-order valence-electron chi connectivity index (χ2n) is 10.8. The second kappa shape index (κ2) is 12.4. The molecule has 4 aromatic heterocycles. The van der Waals surface area contributed by atoms with E-state index in [-0.39, 0.29) is 23.7 Å². The van der Waals surface area contributed by atoms with Crippen LogP contribution >= 0.6 is 11.8 Å². The number of nitrogens with zero attached hydrogens (tertiary/aromatic N) is 4. The summed E-state index contributed by atoms with van der Waals surface area (Å²) in [5, 5.41) is 8.93. The van der Waals surface area contributed by atoms with E-state index >= 15 is 0 Å². The second-order valence-corrected chi connectivity index (χ2v) is 13.3. The highest BCUT2D eigenvalue weighted by Crippen LogP contribution is 2.29. The van der Waals surface area contributed by atoms with Gasteiger partial charge >= 0.3 is 0 Å². The number of amides is 1. The number of hydrogen-bond donors (Lipinski definition) is 2. The number of thioether (sulfide) groups is 1. The first-order valence-corrected chi connectivity index (χ1v) is 17.3. The first kappa shape index (κ1) is 30.3. The van der Waals surface area contributed by atoms with Crippen LogP contribution < -0.4 is 16.2 Å². The zero-order chi connectivity index (χ0) is 32.5. The fourth-order valence-electron chi connectivity index (χ4n) is 5.56. The van der Waals surface area contributed by atoms with Gasteiger partial charge in [-0.1, -0.05) is 54.2 Å². The van der Waals surface area contributed by atoms with E-state index in [1.165, 1.54) is 44.8 Å². The first-order valence-electron chi connectivity index (χ1n) is 14.6. The molecule has 0 unspecified atom stereocenters. The van der Waals surface area contributed by atoms with E-state index in [0.29, 0.717) is 28.3 Å². The standard InChI is InChI=1S/C34H28N6O5S2/c1-46-34-38-20-28(36-17-22-11-12-31-27(15-22)26-9-5-6-10-30(26)45-31)33(42)39(34)21-32(41)37-19-24-16-23-18-35-14-13-29(23)40(24)47(43,44)25-7-3-2-4-8-25/h2-16,18,20,36H,17,19,21H2,1H3,(H,37,41). The maximum atomic E-state index is 13.7. The molecule has 0 aliphatic carbocycles. The summed E-state index contributed by atoms with van der Waals surface area (Å²) < 4.78 is 35.8. The molecular weight excluding hydrogens is 637 g/mol. The van der Waals surface area contributed by atoms with Crippen LogP contribution in [0.2, 0.25) is 0 Å². The van der Waals surface area contributed by atoms with Crippen LogP contribution in [0.5, 0.6) is 0 Å². The van der Waals surface area contributed by atoms with Crippen molar-refractivity contribution in [2.75, 3.05) is 11.6 Å². The SMILES string of the molecule is CSc1ncc(NCc2ccc3oc4ccccc4c3c2)c(=O)n1CC(=O)NCc1cc2cnccc2n1S(=O)(=O)c1ccccc1. The van der Waals surface area contributed by atoms with E-state index in [2.05, 4.69) is 20.6 Å². The van der Waals surface area contributed by atoms with Crippen LogP contribution in [0.3, 0.4) is 0 Å². The Balaban J connectivity index is 1.10. The maximum absolute atomic E-state index is 13.7. The van der Waals surface area contributed by atoms with Gasteiger partial charge in [0, 0.05) is 35.1 Å². The Kier molecular flexibility index (Phi) is 8.00. The van der Waals surface area contributed by atoms with Gasteiger partial charge in [0.1, 0.15) is 23.4 Å². The Morgan fingerprint density at radius 3 is 2.53 bits per heavy atom. The van der Waals surface area contributed by atoms with Gasteiger partial charge < -0.3 is 15.1 Å². The van der Waals surface area contributed by atoms with Crippen LogP contribution in [0.15, 0.2) is 123 Å². The van der Waals surface area contributed by atoms with Gasteiger partial charge in [0.05, 0.1) is 28.8 Å². The Labute approximate surface area is 273 Å². The zero-order valence-corrected chi connectivity index (χ0v) is 26.7. The van der Waals surface area contributed by atoms with Crippen molar-refractivity contribution < 1.29 is 17.6 Å². The minimum Gasteiger partial charge on any atom is -0.456 e. The predicted molar refractivity (Wildman–Crippen MR) is 182 cm³/mol. The number of nitrogens with one attached hydrogen (secondary N) is 2. The minimum atomic E-state index is -3.98. The minimum absolute atomic E-state index is 0.0977. The van der Waals surface area contributed by atoms with Crippen molar-refractivity contribution >= 4 is 66.2 Å². The number of carbonyl (C=O) groups is 1. The molecular formula is C34H28N6O5S2. The molecule has 0 radical (unpaired) electrons. The molecule has 13 heteroatoms. The van der Waals surface area contributed by atoms with Crippen molar-refractivity contribution in [1.29, 1.82) is 0 Å². The summed E-state index contributed by atoms with van der Waals surface area (Å²) >= 11 is 1.24. The molecule has 7 aromatic rings. The van der Waals surface area contributed by atoms with Gasteiger partial charge in [-0.3, -0.25) is 19.1 Å². The molecule has 47 heavy (non-hydrogen) atoms. The number of hydrogen-bond acceptors (Lipinski definition) is 9. The van der Waals surface area contributed by atoms with Crippen molar-refractivity contribution in [3.63, 3.8) is 0 Å². The molecule has 2 N–H and O–H groups in total. The Bertz CT molecular complexity index is 2450. The lowest BCUT2D eigenvalue weighted by molar-refractivity contribution is -0.122. The largest absolute Gasteiger partial charge is 0.456 e. The van der Waals surface area contributed by atoms with E-state index in [1.54, 1.807) is 42.8 Å². The Hall–Kier alpha value is -5.40. The quantitative estimate of drug-likeness (QED) is 0.146. The van der Waals surface area contributed by atoms with Gasteiger partial charge in [0.2, 0.25) is 5.91 Å². The summed E-state index contributed by atoms with van der Waals surface area (Å²) in [5.74, 6) is -0.481. The number of benzene rings is 3. The van der Waals surface area contributed by atoms with Crippen LogP contribution in [-0.2, 0) is 34.5 Å². The lowest BCUT2D eigenvalue weighted by atomic mass is 10.1. The van der Waals surface area contributed by atoms with Crippen molar-refractivity contribution in [3.05, 3.63) is 125 Å². The van der Waals surface area contributed by atoms with Crippen molar-refractivity contribution in [1.82, 2.24) is 23.8 Å². The predicted octanol–water partition coefficient (Wildman–Crippen LogP) is 5.38. The number of rotatable bonds is 10. The lowest BCUT2D eigenvalue weighted by Gasteiger charge is -2.15. The van der Waals surface area contributed by atoms with Crippen LogP contribution in [-0.4, -0.2) is 39.1 Å². The normalized spacial score (nSPS) is 11.8. The van der Waals surface area contributed by atoms with Gasteiger partial charge in [0.15, 0.2) is 5.16 Å². The van der Waals surface area contributed by atoms with Crippen LogP contribution in [0.1, 0.15) is 11.3 Å². The van der Waals surface area contributed by atoms with E-state index in [0.717, 1.165) is 27.5 Å². The smallest absolute Gasteiger partial charge is 0.278 e. The fraction of sp³-hybridized carbons (Fsp3) is 0.118. The summed E-state index contributed by atoms with van der Waals surface area (Å²) in [6.07, 6.45) is 6.33. The summed E-state index contributed by atoms with van der Waals surface area (Å²) in [7, 11) is -3.98. The maximum Gasteiger partial charge on any atom is 0.278 e. The number of aromatic nitrogens is 4. The van der Waals surface area contributed by atoms with Crippen LogP contribution in [0, 0.1) is 0 Å². The Morgan fingerprint density at radius 1 is 0.915 bits per heavy atom. The average Bonchev–Trinajstić information content (AvgIpc) is 3.66. The highest BCUT2D eigenvalue weighted by molar-refractivity contribution is 7.98. The van der Waals surface area contributed by atoms with Gasteiger partial charge in [-0.25, -0.2) is 17.4 Å². The average molecular weight is 665 g/mol. The third-order valence-electron chi connectivity index (χ3n) is 7.80. The molecule has 1 amide bonds. The third-order valence-corrected chi connectivity index (χ3v) is 10.3.